The second-order valence-electron chi connectivity index (χ2n) is 2.81. The molecule has 1 heterocycles. The summed E-state index contributed by atoms with van der Waals surface area (Å²) in [5.74, 6) is -0.0212. The monoisotopic (exact) mass is 215 g/mol. The Balaban J connectivity index is 0.00000121. The molecule has 12 heavy (non-hydrogen) atoms. The normalized spacial score (nSPS) is 32.8. The van der Waals surface area contributed by atoms with Crippen LogP contribution in [0, 0.1) is 0 Å². The molecule has 0 bridgehead atoms. The van der Waals surface area contributed by atoms with Gasteiger partial charge >= 0.3 is 0 Å². The van der Waals surface area contributed by atoms with E-state index in [2.05, 4.69) is 5.32 Å². The third kappa shape index (κ3) is 2.90. The fraction of sp³-hybridized carbons (Fsp3) is 1.00. The molecule has 0 amide bonds. The number of hydrogen-bond donors (Lipinski definition) is 2. The highest BCUT2D eigenvalue weighted by Gasteiger charge is 2.35. The van der Waals surface area contributed by atoms with Gasteiger partial charge in [0.25, 0.3) is 0 Å². The van der Waals surface area contributed by atoms with Gasteiger partial charge < -0.3 is 10.4 Å². The van der Waals surface area contributed by atoms with Crippen LogP contribution in [0.15, 0.2) is 0 Å². The van der Waals surface area contributed by atoms with Gasteiger partial charge in [0.1, 0.15) is 0 Å². The third-order valence-corrected chi connectivity index (χ3v) is 3.51. The number of hydrogen-bond acceptors (Lipinski definition) is 4. The lowest BCUT2D eigenvalue weighted by atomic mass is 10.2. The summed E-state index contributed by atoms with van der Waals surface area (Å²) in [5, 5.41) is 12.1. The summed E-state index contributed by atoms with van der Waals surface area (Å²) in [6.45, 7) is 2.58. The summed E-state index contributed by atoms with van der Waals surface area (Å²) in [6, 6.07) is -0.259. The highest BCUT2D eigenvalue weighted by Crippen LogP contribution is 2.11. The molecular formula is C6H14ClNO3S. The maximum absolute atomic E-state index is 10.9. The highest BCUT2D eigenvalue weighted by atomic mass is 35.5. The summed E-state index contributed by atoms with van der Waals surface area (Å²) >= 11 is 0. The molecule has 74 valence electrons. The first kappa shape index (κ1) is 12.2. The predicted molar refractivity (Wildman–Crippen MR) is 49.4 cm³/mol. The SMILES string of the molecule is CCNC1CS(=O)(=O)CC1O.Cl. The first-order valence-electron chi connectivity index (χ1n) is 3.67. The summed E-state index contributed by atoms with van der Waals surface area (Å²) in [6.07, 6.45) is -0.722. The Morgan fingerprint density at radius 3 is 2.42 bits per heavy atom. The van der Waals surface area contributed by atoms with Crippen molar-refractivity contribution < 1.29 is 13.5 Å². The van der Waals surface area contributed by atoms with E-state index in [1.165, 1.54) is 0 Å². The zero-order valence-electron chi connectivity index (χ0n) is 6.86. The van der Waals surface area contributed by atoms with E-state index in [0.717, 1.165) is 0 Å². The maximum atomic E-state index is 10.9. The minimum atomic E-state index is -2.98. The largest absolute Gasteiger partial charge is 0.390 e. The van der Waals surface area contributed by atoms with E-state index in [1.54, 1.807) is 0 Å². The van der Waals surface area contributed by atoms with E-state index in [1.807, 2.05) is 6.92 Å². The molecule has 0 aromatic heterocycles. The van der Waals surface area contributed by atoms with Crippen LogP contribution >= 0.6 is 12.4 Å². The lowest BCUT2D eigenvalue weighted by Gasteiger charge is -2.11. The van der Waals surface area contributed by atoms with Crippen LogP contribution in [0.2, 0.25) is 0 Å². The molecule has 6 heteroatoms. The average molecular weight is 216 g/mol. The van der Waals surface area contributed by atoms with Gasteiger partial charge in [0.2, 0.25) is 0 Å². The summed E-state index contributed by atoms with van der Waals surface area (Å²) in [7, 11) is -2.98. The molecule has 2 unspecified atom stereocenters. The van der Waals surface area contributed by atoms with Crippen LogP contribution in [0.25, 0.3) is 0 Å². The lowest BCUT2D eigenvalue weighted by Crippen LogP contribution is -2.38. The molecule has 1 aliphatic heterocycles. The zero-order valence-corrected chi connectivity index (χ0v) is 8.49. The molecule has 0 saturated carbocycles. The van der Waals surface area contributed by atoms with Crippen LogP contribution in [0.4, 0.5) is 0 Å². The van der Waals surface area contributed by atoms with Gasteiger partial charge in [0.15, 0.2) is 9.84 Å². The molecule has 0 aromatic carbocycles. The van der Waals surface area contributed by atoms with Crippen molar-refractivity contribution in [1.29, 1.82) is 0 Å². The average Bonchev–Trinajstić information content (AvgIpc) is 2.07. The second-order valence-corrected chi connectivity index (χ2v) is 4.96. The molecule has 0 spiro atoms. The fourth-order valence-corrected chi connectivity index (χ4v) is 3.06. The Morgan fingerprint density at radius 1 is 1.50 bits per heavy atom. The van der Waals surface area contributed by atoms with Crippen LogP contribution in [0.5, 0.6) is 0 Å². The zero-order chi connectivity index (χ0) is 8.48. The molecule has 1 rings (SSSR count). The number of aliphatic hydroxyl groups excluding tert-OH is 1. The van der Waals surface area contributed by atoms with E-state index in [-0.39, 0.29) is 30.0 Å². The van der Waals surface area contributed by atoms with Crippen LogP contribution in [-0.2, 0) is 9.84 Å². The minimum Gasteiger partial charge on any atom is -0.390 e. The van der Waals surface area contributed by atoms with E-state index in [9.17, 15) is 13.5 Å². The molecule has 0 radical (unpaired) electrons. The van der Waals surface area contributed by atoms with Crippen molar-refractivity contribution in [3.8, 4) is 0 Å². The van der Waals surface area contributed by atoms with Crippen molar-refractivity contribution in [2.24, 2.45) is 0 Å². The van der Waals surface area contributed by atoms with Gasteiger partial charge in [-0.25, -0.2) is 8.42 Å². The van der Waals surface area contributed by atoms with E-state index in [0.29, 0.717) is 6.54 Å². The number of aliphatic hydroxyl groups is 1. The maximum Gasteiger partial charge on any atom is 0.154 e. The van der Waals surface area contributed by atoms with Crippen LogP contribution in [0.1, 0.15) is 6.92 Å². The van der Waals surface area contributed by atoms with Crippen molar-refractivity contribution in [3.63, 3.8) is 0 Å². The van der Waals surface area contributed by atoms with Crippen molar-refractivity contribution >= 4 is 22.2 Å². The van der Waals surface area contributed by atoms with E-state index < -0.39 is 15.9 Å². The van der Waals surface area contributed by atoms with Crippen molar-refractivity contribution in [1.82, 2.24) is 5.32 Å². The quantitative estimate of drug-likeness (QED) is 0.632. The summed E-state index contributed by atoms with van der Waals surface area (Å²) in [5.41, 5.74) is 0. The standard InChI is InChI=1S/C6H13NO3S.ClH/c1-2-7-5-3-11(9,10)4-6(5)8;/h5-8H,2-4H2,1H3;1H. The first-order chi connectivity index (χ1) is 5.05. The highest BCUT2D eigenvalue weighted by molar-refractivity contribution is 7.91. The van der Waals surface area contributed by atoms with Gasteiger partial charge in [-0.15, -0.1) is 12.4 Å². The van der Waals surface area contributed by atoms with Crippen molar-refractivity contribution in [2.45, 2.75) is 19.1 Å². The Labute approximate surface area is 78.7 Å². The number of halogens is 1. The topological polar surface area (TPSA) is 66.4 Å². The molecule has 2 N–H and O–H groups in total. The third-order valence-electron chi connectivity index (χ3n) is 1.79. The van der Waals surface area contributed by atoms with Crippen molar-refractivity contribution in [2.75, 3.05) is 18.1 Å². The summed E-state index contributed by atoms with van der Waals surface area (Å²) < 4.78 is 21.9. The van der Waals surface area contributed by atoms with Gasteiger partial charge in [0, 0.05) is 6.04 Å². The number of likely N-dealkylation sites (N-methyl/N-ethyl adjacent to an activating group) is 1. The van der Waals surface area contributed by atoms with Gasteiger partial charge in [-0.2, -0.15) is 0 Å². The molecule has 1 fully saturated rings. The van der Waals surface area contributed by atoms with Gasteiger partial charge in [-0.3, -0.25) is 0 Å². The predicted octanol–water partition coefficient (Wildman–Crippen LogP) is -0.824. The number of nitrogens with one attached hydrogen (secondary N) is 1. The van der Waals surface area contributed by atoms with Gasteiger partial charge in [-0.1, -0.05) is 6.92 Å². The van der Waals surface area contributed by atoms with E-state index >= 15 is 0 Å². The number of rotatable bonds is 2. The Morgan fingerprint density at radius 2 is 2.08 bits per heavy atom. The van der Waals surface area contributed by atoms with Crippen molar-refractivity contribution in [3.05, 3.63) is 0 Å². The first-order valence-corrected chi connectivity index (χ1v) is 5.49. The Kier molecular flexibility index (Phi) is 4.47. The molecular weight excluding hydrogens is 202 g/mol. The smallest absolute Gasteiger partial charge is 0.154 e. The molecule has 1 aliphatic rings. The number of sulfone groups is 1. The molecule has 4 nitrogen and oxygen atoms in total. The van der Waals surface area contributed by atoms with Crippen LogP contribution < -0.4 is 5.32 Å². The second kappa shape index (κ2) is 4.41. The van der Waals surface area contributed by atoms with Gasteiger partial charge in [0.05, 0.1) is 17.6 Å². The molecule has 1 saturated heterocycles. The Hall–Kier alpha value is 0.160. The van der Waals surface area contributed by atoms with Gasteiger partial charge in [-0.05, 0) is 6.54 Å². The molecule has 0 aromatic rings. The van der Waals surface area contributed by atoms with Crippen LogP contribution in [-0.4, -0.2) is 43.7 Å². The lowest BCUT2D eigenvalue weighted by molar-refractivity contribution is 0.167. The minimum absolute atomic E-state index is 0. The molecule has 2 atom stereocenters. The van der Waals surface area contributed by atoms with E-state index in [4.69, 9.17) is 0 Å². The Bertz CT molecular complexity index is 229. The molecule has 0 aliphatic carbocycles. The van der Waals surface area contributed by atoms with Crippen LogP contribution in [0.3, 0.4) is 0 Å². The fourth-order valence-electron chi connectivity index (χ4n) is 1.29. The summed E-state index contributed by atoms with van der Waals surface area (Å²) in [4.78, 5) is 0.